The molecule has 5 aliphatic rings. The lowest BCUT2D eigenvalue weighted by molar-refractivity contribution is -0.0263. The molecule has 0 aromatic carbocycles. The molecule has 6 atom stereocenters. The first kappa shape index (κ1) is 10.8. The Morgan fingerprint density at radius 3 is 2.24 bits per heavy atom. The standard InChI is InChI=1S/C13H20O3S/c1-8-12-5-9-2-10-4-11(3-9)7-13(12,6-10)16-17(8,14)15/h8-12H,2-7H2,1H3/t8-,9?,10-,11+,12+,13?/m0/s1. The van der Waals surface area contributed by atoms with E-state index in [2.05, 4.69) is 0 Å². The number of hydrogen-bond donors (Lipinski definition) is 0. The predicted octanol–water partition coefficient (Wildman–Crippen LogP) is 2.32. The molecule has 3 nitrogen and oxygen atoms in total. The van der Waals surface area contributed by atoms with E-state index in [0.717, 1.165) is 37.0 Å². The summed E-state index contributed by atoms with van der Waals surface area (Å²) in [6.07, 6.45) is 7.08. The quantitative estimate of drug-likeness (QED) is 0.625. The first-order valence-corrected chi connectivity index (χ1v) is 8.40. The average molecular weight is 256 g/mol. The monoisotopic (exact) mass is 256 g/mol. The highest BCUT2D eigenvalue weighted by Crippen LogP contribution is 2.60. The minimum Gasteiger partial charge on any atom is -0.263 e. The van der Waals surface area contributed by atoms with Gasteiger partial charge in [-0.15, -0.1) is 0 Å². The van der Waals surface area contributed by atoms with Crippen LogP contribution in [0.25, 0.3) is 0 Å². The van der Waals surface area contributed by atoms with E-state index >= 15 is 0 Å². The summed E-state index contributed by atoms with van der Waals surface area (Å²) in [7, 11) is -3.29. The second-order valence-corrected chi connectivity index (χ2v) is 8.80. The molecule has 1 heterocycles. The molecule has 17 heavy (non-hydrogen) atoms. The van der Waals surface area contributed by atoms with Crippen LogP contribution in [-0.4, -0.2) is 19.3 Å². The molecule has 5 fully saturated rings. The van der Waals surface area contributed by atoms with Crippen molar-refractivity contribution in [2.45, 2.75) is 56.3 Å². The van der Waals surface area contributed by atoms with E-state index in [1.807, 2.05) is 6.92 Å². The van der Waals surface area contributed by atoms with Crippen molar-refractivity contribution in [1.82, 2.24) is 0 Å². The third kappa shape index (κ3) is 1.34. The topological polar surface area (TPSA) is 43.4 Å². The van der Waals surface area contributed by atoms with Crippen LogP contribution >= 0.6 is 0 Å². The van der Waals surface area contributed by atoms with Crippen molar-refractivity contribution in [3.05, 3.63) is 0 Å². The minimum absolute atomic E-state index is 0.271. The van der Waals surface area contributed by atoms with E-state index in [0.29, 0.717) is 0 Å². The molecule has 0 aromatic rings. The molecular formula is C13H20O3S. The Labute approximate surface area is 103 Å². The number of rotatable bonds is 0. The predicted molar refractivity (Wildman–Crippen MR) is 63.9 cm³/mol. The molecular weight excluding hydrogens is 236 g/mol. The fourth-order valence-corrected chi connectivity index (χ4v) is 7.06. The Balaban J connectivity index is 1.83. The van der Waals surface area contributed by atoms with Crippen molar-refractivity contribution in [2.75, 3.05) is 0 Å². The van der Waals surface area contributed by atoms with Crippen molar-refractivity contribution in [1.29, 1.82) is 0 Å². The second-order valence-electron chi connectivity index (χ2n) is 6.90. The molecule has 1 spiro atoms. The zero-order chi connectivity index (χ0) is 11.8. The highest BCUT2D eigenvalue weighted by molar-refractivity contribution is 7.87. The number of hydrogen-bond acceptors (Lipinski definition) is 3. The Morgan fingerprint density at radius 2 is 1.59 bits per heavy atom. The van der Waals surface area contributed by atoms with Crippen LogP contribution in [-0.2, 0) is 14.3 Å². The van der Waals surface area contributed by atoms with Gasteiger partial charge in [0.2, 0.25) is 0 Å². The summed E-state index contributed by atoms with van der Waals surface area (Å²) in [5.74, 6) is 2.51. The highest BCUT2D eigenvalue weighted by Gasteiger charge is 2.62. The van der Waals surface area contributed by atoms with E-state index in [4.69, 9.17) is 4.18 Å². The van der Waals surface area contributed by atoms with Crippen LogP contribution in [0.3, 0.4) is 0 Å². The van der Waals surface area contributed by atoms with Crippen LogP contribution in [0.15, 0.2) is 0 Å². The van der Waals surface area contributed by atoms with E-state index < -0.39 is 10.1 Å². The second kappa shape index (κ2) is 3.08. The van der Waals surface area contributed by atoms with Gasteiger partial charge >= 0.3 is 0 Å². The lowest BCUT2D eigenvalue weighted by atomic mass is 9.65. The van der Waals surface area contributed by atoms with Gasteiger partial charge in [0.05, 0.1) is 10.9 Å². The third-order valence-corrected chi connectivity index (χ3v) is 7.64. The molecule has 0 amide bonds. The van der Waals surface area contributed by atoms with Gasteiger partial charge in [-0.1, -0.05) is 0 Å². The molecule has 4 saturated carbocycles. The molecule has 1 aliphatic heterocycles. The van der Waals surface area contributed by atoms with E-state index in [9.17, 15) is 8.42 Å². The maximum absolute atomic E-state index is 12.0. The smallest absolute Gasteiger partial charge is 0.263 e. The maximum Gasteiger partial charge on any atom is 0.270 e. The van der Waals surface area contributed by atoms with Crippen molar-refractivity contribution in [2.24, 2.45) is 23.7 Å². The summed E-state index contributed by atoms with van der Waals surface area (Å²) in [5, 5.41) is -0.277. The third-order valence-electron chi connectivity index (χ3n) is 5.84. The molecule has 0 aromatic heterocycles. The van der Waals surface area contributed by atoms with Crippen molar-refractivity contribution in [3.63, 3.8) is 0 Å². The largest absolute Gasteiger partial charge is 0.270 e. The molecule has 2 unspecified atom stereocenters. The van der Waals surface area contributed by atoms with Gasteiger partial charge in [-0.25, -0.2) is 0 Å². The van der Waals surface area contributed by atoms with Gasteiger partial charge in [0.15, 0.2) is 0 Å². The summed E-state index contributed by atoms with van der Waals surface area (Å²) in [6.45, 7) is 1.86. The summed E-state index contributed by atoms with van der Waals surface area (Å²) >= 11 is 0. The molecule has 0 radical (unpaired) electrons. The molecule has 0 N–H and O–H groups in total. The van der Waals surface area contributed by atoms with E-state index in [-0.39, 0.29) is 16.8 Å². The average Bonchev–Trinajstić information content (AvgIpc) is 2.33. The van der Waals surface area contributed by atoms with E-state index in [1.165, 1.54) is 19.3 Å². The lowest BCUT2D eigenvalue weighted by Gasteiger charge is -2.43. The van der Waals surface area contributed by atoms with Gasteiger partial charge in [-0.05, 0) is 63.2 Å². The minimum atomic E-state index is -3.29. The fourth-order valence-electron chi connectivity index (χ4n) is 5.42. The van der Waals surface area contributed by atoms with Gasteiger partial charge < -0.3 is 0 Å². The van der Waals surface area contributed by atoms with Gasteiger partial charge in [0, 0.05) is 5.92 Å². The molecule has 4 heteroatoms. The van der Waals surface area contributed by atoms with Crippen molar-refractivity contribution < 1.29 is 12.6 Å². The van der Waals surface area contributed by atoms with Crippen LogP contribution < -0.4 is 0 Å². The zero-order valence-electron chi connectivity index (χ0n) is 10.3. The van der Waals surface area contributed by atoms with Crippen LogP contribution in [0, 0.1) is 23.7 Å². The van der Waals surface area contributed by atoms with Gasteiger partial charge in [-0.2, -0.15) is 8.42 Å². The van der Waals surface area contributed by atoms with E-state index in [1.54, 1.807) is 0 Å². The normalized spacial score (nSPS) is 59.0. The molecule has 4 aliphatic carbocycles. The molecule has 1 saturated heterocycles. The lowest BCUT2D eigenvalue weighted by Crippen LogP contribution is -2.43. The van der Waals surface area contributed by atoms with Crippen LogP contribution in [0.2, 0.25) is 0 Å². The van der Waals surface area contributed by atoms with Crippen LogP contribution in [0.4, 0.5) is 0 Å². The summed E-state index contributed by atoms with van der Waals surface area (Å²) in [5.41, 5.74) is -0.295. The van der Waals surface area contributed by atoms with Gasteiger partial charge in [0.1, 0.15) is 0 Å². The Bertz CT molecular complexity index is 441. The zero-order valence-corrected chi connectivity index (χ0v) is 11.1. The first-order chi connectivity index (χ1) is 7.98. The SMILES string of the molecule is C[C@H]1[C@H]2CC3C[C@@H]4C[C@H](C3)CC2(C4)OS1(=O)=O. The van der Waals surface area contributed by atoms with Gasteiger partial charge in [-0.3, -0.25) is 4.18 Å². The van der Waals surface area contributed by atoms with Crippen molar-refractivity contribution in [3.8, 4) is 0 Å². The van der Waals surface area contributed by atoms with Crippen molar-refractivity contribution >= 4 is 10.1 Å². The molecule has 96 valence electrons. The summed E-state index contributed by atoms with van der Waals surface area (Å²) in [4.78, 5) is 0. The summed E-state index contributed by atoms with van der Waals surface area (Å²) < 4.78 is 29.7. The molecule has 5 rings (SSSR count). The Hall–Kier alpha value is -0.0900. The first-order valence-electron chi connectivity index (χ1n) is 6.93. The fraction of sp³-hybridized carbons (Fsp3) is 1.00. The highest BCUT2D eigenvalue weighted by atomic mass is 32.2. The van der Waals surface area contributed by atoms with Crippen LogP contribution in [0.1, 0.15) is 45.4 Å². The van der Waals surface area contributed by atoms with Crippen LogP contribution in [0.5, 0.6) is 0 Å². The Morgan fingerprint density at radius 1 is 1.00 bits per heavy atom. The van der Waals surface area contributed by atoms with Gasteiger partial charge in [0.25, 0.3) is 10.1 Å². The summed E-state index contributed by atoms with van der Waals surface area (Å²) in [6, 6.07) is 0. The molecule has 4 bridgehead atoms. The Kier molecular flexibility index (Phi) is 1.95. The maximum atomic E-state index is 12.0.